The van der Waals surface area contributed by atoms with Crippen LogP contribution in [0.3, 0.4) is 0 Å². The molecule has 27 heavy (non-hydrogen) atoms. The number of carbonyl (C=O) groups excluding carboxylic acids is 1. The molecule has 1 saturated heterocycles. The van der Waals surface area contributed by atoms with Crippen LogP contribution in [0.25, 0.3) is 0 Å². The van der Waals surface area contributed by atoms with E-state index in [-0.39, 0.29) is 11.5 Å². The summed E-state index contributed by atoms with van der Waals surface area (Å²) < 4.78 is 11.5. The minimum absolute atomic E-state index is 0.00862. The van der Waals surface area contributed by atoms with Gasteiger partial charge in [0.2, 0.25) is 0 Å². The predicted molar refractivity (Wildman–Crippen MR) is 101 cm³/mol. The first-order valence-corrected chi connectivity index (χ1v) is 9.93. The number of likely N-dealkylation sites (N-methyl/N-ethyl adjacent to an activating group) is 1. The fourth-order valence-corrected chi connectivity index (χ4v) is 4.11. The Morgan fingerprint density at radius 3 is 2.78 bits per heavy atom. The smallest absolute Gasteiger partial charge is 0.410 e. The van der Waals surface area contributed by atoms with Crippen molar-refractivity contribution >= 4 is 6.09 Å². The number of fused-ring (bicyclic) bond motifs is 2. The molecule has 1 aromatic rings. The van der Waals surface area contributed by atoms with Crippen molar-refractivity contribution in [2.45, 2.75) is 70.1 Å². The fraction of sp³-hybridized carbons (Fsp3) is 0.750. The Balaban J connectivity index is 1.48. The lowest BCUT2D eigenvalue weighted by molar-refractivity contribution is 0.0191. The molecule has 7 heteroatoms. The third-order valence-electron chi connectivity index (χ3n) is 5.83. The molecule has 0 radical (unpaired) electrons. The quantitative estimate of drug-likeness (QED) is 0.810. The van der Waals surface area contributed by atoms with Crippen LogP contribution < -0.4 is 4.74 Å². The maximum Gasteiger partial charge on any atom is 0.410 e. The zero-order valence-corrected chi connectivity index (χ0v) is 16.8. The van der Waals surface area contributed by atoms with Crippen LogP contribution in [0.5, 0.6) is 6.01 Å². The molecule has 2 fully saturated rings. The van der Waals surface area contributed by atoms with E-state index in [0.717, 1.165) is 31.5 Å². The monoisotopic (exact) mass is 374 g/mol. The number of hydrogen-bond donors (Lipinski definition) is 0. The zero-order chi connectivity index (χ0) is 19.2. The average Bonchev–Trinajstić information content (AvgIpc) is 3.23. The van der Waals surface area contributed by atoms with Crippen LogP contribution in [0.15, 0.2) is 6.20 Å². The predicted octanol–water partition coefficient (Wildman–Crippen LogP) is 2.73. The number of aromatic nitrogens is 2. The molecule has 1 saturated carbocycles. The van der Waals surface area contributed by atoms with E-state index >= 15 is 0 Å². The maximum absolute atomic E-state index is 12.6. The number of nitrogens with zero attached hydrogens (tertiary/aromatic N) is 4. The van der Waals surface area contributed by atoms with E-state index in [1.165, 1.54) is 12.0 Å². The zero-order valence-electron chi connectivity index (χ0n) is 16.8. The molecule has 1 amide bonds. The van der Waals surface area contributed by atoms with Crippen molar-refractivity contribution in [2.75, 3.05) is 26.7 Å². The average molecular weight is 374 g/mol. The molecule has 0 bridgehead atoms. The molecule has 148 valence electrons. The van der Waals surface area contributed by atoms with Crippen LogP contribution in [0.4, 0.5) is 4.79 Å². The Bertz CT molecular complexity index is 726. The van der Waals surface area contributed by atoms with Crippen LogP contribution in [0.1, 0.15) is 57.7 Å². The lowest BCUT2D eigenvalue weighted by Crippen LogP contribution is -2.44. The van der Waals surface area contributed by atoms with Crippen molar-refractivity contribution in [3.05, 3.63) is 17.5 Å². The third-order valence-corrected chi connectivity index (χ3v) is 5.83. The van der Waals surface area contributed by atoms with E-state index in [1.54, 1.807) is 4.90 Å². The molecule has 4 rings (SSSR count). The van der Waals surface area contributed by atoms with Crippen molar-refractivity contribution in [3.63, 3.8) is 0 Å². The van der Waals surface area contributed by atoms with Crippen LogP contribution in [-0.4, -0.2) is 64.2 Å². The first-order chi connectivity index (χ1) is 12.8. The number of carbonyl (C=O) groups is 1. The van der Waals surface area contributed by atoms with Gasteiger partial charge in [0.25, 0.3) is 0 Å². The summed E-state index contributed by atoms with van der Waals surface area (Å²) in [7, 11) is 2.13. The molecule has 2 aliphatic heterocycles. The second-order valence-corrected chi connectivity index (χ2v) is 9.22. The summed E-state index contributed by atoms with van der Waals surface area (Å²) in [6.07, 6.45) is 6.13. The molecule has 1 atom stereocenters. The third kappa shape index (κ3) is 3.88. The molecule has 1 spiro atoms. The van der Waals surface area contributed by atoms with Crippen LogP contribution in [0.2, 0.25) is 0 Å². The highest BCUT2D eigenvalue weighted by Crippen LogP contribution is 2.52. The summed E-state index contributed by atoms with van der Waals surface area (Å²) in [4.78, 5) is 25.8. The van der Waals surface area contributed by atoms with Gasteiger partial charge in [-0.2, -0.15) is 4.98 Å². The lowest BCUT2D eigenvalue weighted by atomic mass is 9.91. The Labute approximate surface area is 161 Å². The molecule has 1 aromatic heterocycles. The second-order valence-electron chi connectivity index (χ2n) is 9.22. The van der Waals surface area contributed by atoms with Gasteiger partial charge in [0.1, 0.15) is 12.2 Å². The molecule has 7 nitrogen and oxygen atoms in total. The first kappa shape index (κ1) is 18.5. The minimum Gasteiger partial charge on any atom is -0.462 e. The highest BCUT2D eigenvalue weighted by molar-refractivity contribution is 5.69. The first-order valence-electron chi connectivity index (χ1n) is 9.93. The molecule has 0 aromatic carbocycles. The van der Waals surface area contributed by atoms with Gasteiger partial charge in [0.05, 0.1) is 12.2 Å². The normalized spacial score (nSPS) is 24.0. The fourth-order valence-electron chi connectivity index (χ4n) is 4.11. The van der Waals surface area contributed by atoms with Crippen LogP contribution in [-0.2, 0) is 16.7 Å². The summed E-state index contributed by atoms with van der Waals surface area (Å²) in [5.74, 6) is 0. The van der Waals surface area contributed by atoms with Crippen molar-refractivity contribution in [2.24, 2.45) is 0 Å². The Hall–Kier alpha value is -1.89. The van der Waals surface area contributed by atoms with Gasteiger partial charge >= 0.3 is 12.1 Å². The standard InChI is InChI=1S/C20H30N4O3/c1-19(2,3)27-18(25)24-11-16-15(20(13-24)7-8-20)10-21-17(22-16)26-12-14-6-5-9-23(14)4/h10,14H,5-9,11-13H2,1-4H3/t14-/m0/s1. The molecular formula is C20H30N4O3. The van der Waals surface area contributed by atoms with Gasteiger partial charge in [0.15, 0.2) is 0 Å². The SMILES string of the molecule is CN1CCC[C@H]1COc1ncc2c(n1)CN(C(=O)OC(C)(C)C)CC21CC1. The van der Waals surface area contributed by atoms with E-state index in [1.807, 2.05) is 27.0 Å². The number of amides is 1. The largest absolute Gasteiger partial charge is 0.462 e. The van der Waals surface area contributed by atoms with Gasteiger partial charge < -0.3 is 19.3 Å². The minimum atomic E-state index is -0.499. The Kier molecular flexibility index (Phi) is 4.53. The highest BCUT2D eigenvalue weighted by atomic mass is 16.6. The van der Waals surface area contributed by atoms with Crippen molar-refractivity contribution in [1.29, 1.82) is 0 Å². The summed E-state index contributed by atoms with van der Waals surface area (Å²) in [6.45, 7) is 8.54. The molecular weight excluding hydrogens is 344 g/mol. The number of ether oxygens (including phenoxy) is 2. The van der Waals surface area contributed by atoms with E-state index < -0.39 is 5.60 Å². The summed E-state index contributed by atoms with van der Waals surface area (Å²) in [6, 6.07) is 0.841. The molecule has 3 aliphatic rings. The van der Waals surface area contributed by atoms with Gasteiger partial charge in [-0.15, -0.1) is 0 Å². The number of likely N-dealkylation sites (tertiary alicyclic amines) is 1. The van der Waals surface area contributed by atoms with E-state index in [0.29, 0.717) is 31.7 Å². The molecule has 0 N–H and O–H groups in total. The van der Waals surface area contributed by atoms with Gasteiger partial charge in [-0.05, 0) is 60.0 Å². The second kappa shape index (κ2) is 6.62. The summed E-state index contributed by atoms with van der Waals surface area (Å²) in [5, 5.41) is 0. The van der Waals surface area contributed by atoms with Gasteiger partial charge in [-0.3, -0.25) is 0 Å². The van der Waals surface area contributed by atoms with Gasteiger partial charge in [0, 0.05) is 29.8 Å². The molecule has 0 unspecified atom stereocenters. The van der Waals surface area contributed by atoms with Gasteiger partial charge in [-0.1, -0.05) is 0 Å². The lowest BCUT2D eigenvalue weighted by Gasteiger charge is -2.35. The van der Waals surface area contributed by atoms with Crippen LogP contribution in [0, 0.1) is 0 Å². The molecule has 3 heterocycles. The number of rotatable bonds is 3. The summed E-state index contributed by atoms with van der Waals surface area (Å²) >= 11 is 0. The highest BCUT2D eigenvalue weighted by Gasteiger charge is 2.51. The Morgan fingerprint density at radius 2 is 2.15 bits per heavy atom. The van der Waals surface area contributed by atoms with Gasteiger partial charge in [-0.25, -0.2) is 9.78 Å². The topological polar surface area (TPSA) is 67.8 Å². The summed E-state index contributed by atoms with van der Waals surface area (Å²) in [5.41, 5.74) is 1.58. The number of hydrogen-bond acceptors (Lipinski definition) is 6. The maximum atomic E-state index is 12.6. The Morgan fingerprint density at radius 1 is 1.37 bits per heavy atom. The van der Waals surface area contributed by atoms with Crippen molar-refractivity contribution in [3.8, 4) is 6.01 Å². The van der Waals surface area contributed by atoms with E-state index in [9.17, 15) is 4.79 Å². The van der Waals surface area contributed by atoms with Crippen LogP contribution >= 0.6 is 0 Å². The van der Waals surface area contributed by atoms with Crippen molar-refractivity contribution in [1.82, 2.24) is 19.8 Å². The molecule has 1 aliphatic carbocycles. The van der Waals surface area contributed by atoms with E-state index in [2.05, 4.69) is 21.9 Å². The van der Waals surface area contributed by atoms with E-state index in [4.69, 9.17) is 9.47 Å². The van der Waals surface area contributed by atoms with Crippen molar-refractivity contribution < 1.29 is 14.3 Å².